The molecule has 16 heteroatoms. The summed E-state index contributed by atoms with van der Waals surface area (Å²) in [7, 11) is 6.60. The van der Waals surface area contributed by atoms with Crippen molar-refractivity contribution in [1.82, 2.24) is 4.90 Å². The SMILES string of the molecule is CC[C@H]1OC(=O)[C@H](C)[C@@H](O[C@H]2C[C@@](C)(OC)[C@@H](OC(C)=O)[C@H](C)O2)[C@H](C)[C@@H](O[C@@H]2O[C@H](C)C[C@H](N(C)C)[C@H]2O)C(C)(O)C[C@@H](C)/C(=N\OC)[C@H](C)[C@@H](O)[C@]1(C)O. The number of cyclic esters (lactones) is 1. The molecular formula is C40H72N2O14. The molecule has 326 valence electrons. The second-order valence-corrected chi connectivity index (χ2v) is 17.4. The van der Waals surface area contributed by atoms with Crippen LogP contribution in [0.25, 0.3) is 0 Å². The van der Waals surface area contributed by atoms with Gasteiger partial charge in [0.15, 0.2) is 18.7 Å². The predicted molar refractivity (Wildman–Crippen MR) is 205 cm³/mol. The van der Waals surface area contributed by atoms with Crippen LogP contribution < -0.4 is 0 Å². The van der Waals surface area contributed by atoms with E-state index in [-0.39, 0.29) is 31.4 Å². The molecule has 3 aliphatic heterocycles. The van der Waals surface area contributed by atoms with E-state index in [4.69, 9.17) is 38.0 Å². The zero-order valence-corrected chi connectivity index (χ0v) is 36.3. The molecule has 3 fully saturated rings. The molecular weight excluding hydrogens is 732 g/mol. The van der Waals surface area contributed by atoms with E-state index in [1.165, 1.54) is 28.1 Å². The van der Waals surface area contributed by atoms with Crippen molar-refractivity contribution < 1.29 is 68.0 Å². The number of esters is 2. The fraction of sp³-hybridized carbons (Fsp3) is 0.925. The fourth-order valence-electron chi connectivity index (χ4n) is 9.09. The normalized spacial score (nSPS) is 46.9. The standard InChI is InChI=1S/C40H72N2O14/c1-16-28-40(11,48)33(45)22(4)30(41-50-15)20(2)18-38(9,47)34(56-37-31(44)27(42(12)13)17-21(3)51-37)23(5)32(24(6)36(46)54-28)55-29-19-39(10,49-14)35(25(7)52-29)53-26(8)43/h20-25,27-29,31-35,37,44-45,47-48H,16-19H2,1-15H3/b41-30+/t20-,21-,22+,23+,24-,25+,27+,28-,29+,31-,32+,33-,34-,35+,37+,38?,39-,40-/m1/s1. The summed E-state index contributed by atoms with van der Waals surface area (Å²) in [6.07, 6.45) is -9.12. The molecule has 0 amide bonds. The molecule has 16 nitrogen and oxygen atoms in total. The number of hydrogen-bond acceptors (Lipinski definition) is 16. The molecule has 0 saturated carbocycles. The zero-order valence-electron chi connectivity index (χ0n) is 36.3. The van der Waals surface area contributed by atoms with Crippen LogP contribution in [-0.4, -0.2) is 156 Å². The molecule has 0 spiro atoms. The van der Waals surface area contributed by atoms with Crippen LogP contribution in [0.3, 0.4) is 0 Å². The second-order valence-electron chi connectivity index (χ2n) is 17.4. The van der Waals surface area contributed by atoms with Gasteiger partial charge in [0.1, 0.15) is 30.5 Å². The Labute approximate surface area is 333 Å². The monoisotopic (exact) mass is 804 g/mol. The number of likely N-dealkylation sites (N-methyl/N-ethyl adjacent to an activating group) is 1. The Balaban J connectivity index is 2.23. The summed E-state index contributed by atoms with van der Waals surface area (Å²) in [5, 5.41) is 52.1. The van der Waals surface area contributed by atoms with Crippen LogP contribution in [0.4, 0.5) is 0 Å². The van der Waals surface area contributed by atoms with Gasteiger partial charge in [0.05, 0.1) is 47.8 Å². The third-order valence-electron chi connectivity index (χ3n) is 12.3. The number of nitrogens with zero attached hydrogens (tertiary/aromatic N) is 2. The van der Waals surface area contributed by atoms with Gasteiger partial charge in [-0.05, 0) is 74.9 Å². The van der Waals surface area contributed by atoms with Crippen molar-refractivity contribution in [2.45, 2.75) is 186 Å². The van der Waals surface area contributed by atoms with E-state index in [9.17, 15) is 30.0 Å². The molecule has 18 atom stereocenters. The van der Waals surface area contributed by atoms with Crippen LogP contribution >= 0.6 is 0 Å². The van der Waals surface area contributed by atoms with Gasteiger partial charge in [-0.2, -0.15) is 0 Å². The van der Waals surface area contributed by atoms with Crippen molar-refractivity contribution in [2.24, 2.45) is 28.8 Å². The Morgan fingerprint density at radius 1 is 0.946 bits per heavy atom. The second kappa shape index (κ2) is 19.4. The molecule has 0 aliphatic carbocycles. The quantitative estimate of drug-likeness (QED) is 0.196. The summed E-state index contributed by atoms with van der Waals surface area (Å²) in [6.45, 7) is 18.4. The lowest BCUT2D eigenvalue weighted by Gasteiger charge is -2.49. The van der Waals surface area contributed by atoms with Crippen LogP contribution in [0.2, 0.25) is 0 Å². The first-order valence-electron chi connectivity index (χ1n) is 20.0. The van der Waals surface area contributed by atoms with Gasteiger partial charge in [0.2, 0.25) is 0 Å². The van der Waals surface area contributed by atoms with Gasteiger partial charge in [0.25, 0.3) is 0 Å². The number of rotatable bonds is 9. The van der Waals surface area contributed by atoms with Crippen molar-refractivity contribution in [1.29, 1.82) is 0 Å². The van der Waals surface area contributed by atoms with E-state index in [0.29, 0.717) is 12.1 Å². The summed E-state index contributed by atoms with van der Waals surface area (Å²) in [5.41, 5.74) is -4.36. The average molecular weight is 805 g/mol. The van der Waals surface area contributed by atoms with Crippen LogP contribution in [0.15, 0.2) is 5.16 Å². The molecule has 3 saturated heterocycles. The summed E-state index contributed by atoms with van der Waals surface area (Å²) < 4.78 is 43.6. The third-order valence-corrected chi connectivity index (χ3v) is 12.3. The number of ether oxygens (including phenoxy) is 7. The average Bonchev–Trinajstić information content (AvgIpc) is 3.11. The molecule has 0 aromatic carbocycles. The lowest BCUT2D eigenvalue weighted by atomic mass is 9.73. The first-order valence-corrected chi connectivity index (χ1v) is 20.0. The number of carbonyl (C=O) groups is 2. The maximum atomic E-state index is 14.3. The largest absolute Gasteiger partial charge is 0.459 e. The highest BCUT2D eigenvalue weighted by Gasteiger charge is 2.54. The number of hydrogen-bond donors (Lipinski definition) is 4. The van der Waals surface area contributed by atoms with E-state index < -0.39 is 108 Å². The highest BCUT2D eigenvalue weighted by Crippen LogP contribution is 2.41. The van der Waals surface area contributed by atoms with Gasteiger partial charge >= 0.3 is 11.9 Å². The van der Waals surface area contributed by atoms with Crippen LogP contribution in [0.1, 0.15) is 102 Å². The molecule has 4 N–H and O–H groups in total. The van der Waals surface area contributed by atoms with Crippen LogP contribution in [-0.2, 0) is 47.6 Å². The summed E-state index contributed by atoms with van der Waals surface area (Å²) in [4.78, 5) is 33.5. The molecule has 0 bridgehead atoms. The summed E-state index contributed by atoms with van der Waals surface area (Å²) in [6, 6.07) is -0.321. The van der Waals surface area contributed by atoms with Gasteiger partial charge < -0.3 is 63.3 Å². The number of aliphatic hydroxyl groups is 4. The van der Waals surface area contributed by atoms with E-state index in [0.717, 1.165) is 0 Å². The first-order chi connectivity index (χ1) is 25.9. The number of aliphatic hydroxyl groups excluding tert-OH is 2. The van der Waals surface area contributed by atoms with Crippen molar-refractivity contribution >= 4 is 17.7 Å². The van der Waals surface area contributed by atoms with Crippen molar-refractivity contribution in [2.75, 3.05) is 28.3 Å². The van der Waals surface area contributed by atoms with E-state index in [1.54, 1.807) is 48.5 Å². The van der Waals surface area contributed by atoms with E-state index >= 15 is 0 Å². The lowest BCUT2D eigenvalue weighted by molar-refractivity contribution is -0.318. The minimum absolute atomic E-state index is 0.00437. The molecule has 56 heavy (non-hydrogen) atoms. The van der Waals surface area contributed by atoms with Crippen molar-refractivity contribution in [3.8, 4) is 0 Å². The van der Waals surface area contributed by atoms with Gasteiger partial charge in [0, 0.05) is 44.2 Å². The van der Waals surface area contributed by atoms with Gasteiger partial charge in [-0.15, -0.1) is 0 Å². The van der Waals surface area contributed by atoms with Crippen molar-refractivity contribution in [3.63, 3.8) is 0 Å². The molecule has 0 aromatic heterocycles. The topological polar surface area (TPSA) is 204 Å². The van der Waals surface area contributed by atoms with E-state index in [1.807, 2.05) is 32.8 Å². The molecule has 0 aromatic rings. The Bertz CT molecular complexity index is 1330. The Kier molecular flexibility index (Phi) is 16.7. The molecule has 3 heterocycles. The fourth-order valence-corrected chi connectivity index (χ4v) is 9.09. The minimum Gasteiger partial charge on any atom is -0.459 e. The van der Waals surface area contributed by atoms with E-state index in [2.05, 4.69) is 5.16 Å². The predicted octanol–water partition coefficient (Wildman–Crippen LogP) is 2.79. The summed E-state index contributed by atoms with van der Waals surface area (Å²) in [5.74, 6) is -4.51. The molecule has 0 radical (unpaired) electrons. The lowest BCUT2D eigenvalue weighted by Crippen LogP contribution is -2.61. The maximum Gasteiger partial charge on any atom is 0.311 e. The summed E-state index contributed by atoms with van der Waals surface area (Å²) >= 11 is 0. The van der Waals surface area contributed by atoms with Gasteiger partial charge in [-0.3, -0.25) is 9.59 Å². The Morgan fingerprint density at radius 3 is 2.11 bits per heavy atom. The molecule has 3 rings (SSSR count). The Morgan fingerprint density at radius 2 is 1.57 bits per heavy atom. The number of oxime groups is 1. The number of carbonyl (C=O) groups excluding carboxylic acids is 2. The van der Waals surface area contributed by atoms with Crippen molar-refractivity contribution in [3.05, 3.63) is 0 Å². The first kappa shape index (κ1) is 48.4. The van der Waals surface area contributed by atoms with Crippen LogP contribution in [0.5, 0.6) is 0 Å². The van der Waals surface area contributed by atoms with Gasteiger partial charge in [-0.25, -0.2) is 0 Å². The van der Waals surface area contributed by atoms with Gasteiger partial charge in [-0.1, -0.05) is 32.9 Å². The number of methoxy groups -OCH3 is 1. The smallest absolute Gasteiger partial charge is 0.311 e. The zero-order chi connectivity index (χ0) is 42.7. The minimum atomic E-state index is -1.93. The molecule has 3 aliphatic rings. The molecule has 1 unspecified atom stereocenters. The Hall–Kier alpha value is -1.99. The highest BCUT2D eigenvalue weighted by molar-refractivity contribution is 5.88. The third kappa shape index (κ3) is 10.8. The van der Waals surface area contributed by atoms with Crippen LogP contribution in [0, 0.1) is 23.7 Å². The highest BCUT2D eigenvalue weighted by atomic mass is 16.7. The maximum absolute atomic E-state index is 14.3.